The van der Waals surface area contributed by atoms with Crippen molar-refractivity contribution in [1.29, 1.82) is 0 Å². The molecule has 0 aliphatic heterocycles. The molecule has 0 bridgehead atoms. The van der Waals surface area contributed by atoms with Crippen molar-refractivity contribution in [1.82, 2.24) is 19.3 Å². The number of rotatable bonds is 4. The fourth-order valence-electron chi connectivity index (χ4n) is 3.84. The Balaban J connectivity index is 1.87. The number of anilines is 1. The fraction of sp³-hybridized carbons (Fsp3) is 0.0800. The zero-order valence-corrected chi connectivity index (χ0v) is 18.5. The molecule has 0 spiro atoms. The maximum absolute atomic E-state index is 13.8. The molecular weight excluding hydrogens is 418 g/mol. The number of hydrogen-bond donors (Lipinski definition) is 1. The third kappa shape index (κ3) is 3.23. The lowest BCUT2D eigenvalue weighted by atomic mass is 10.1. The molecule has 0 aliphatic carbocycles. The van der Waals surface area contributed by atoms with Crippen LogP contribution in [-0.4, -0.2) is 33.4 Å². The van der Waals surface area contributed by atoms with E-state index >= 15 is 0 Å². The smallest absolute Gasteiger partial charge is 0.270 e. The van der Waals surface area contributed by atoms with Gasteiger partial charge in [0.2, 0.25) is 0 Å². The van der Waals surface area contributed by atoms with Crippen molar-refractivity contribution in [2.24, 2.45) is 0 Å². The first-order valence-corrected chi connectivity index (χ1v) is 10.6. The minimum Gasteiger partial charge on any atom is -0.378 e. The largest absolute Gasteiger partial charge is 0.378 e. The molecule has 0 atom stereocenters. The summed E-state index contributed by atoms with van der Waals surface area (Å²) in [6, 6.07) is 27.2. The van der Waals surface area contributed by atoms with E-state index in [0.29, 0.717) is 27.2 Å². The van der Waals surface area contributed by atoms with Crippen LogP contribution in [0.4, 0.5) is 5.69 Å². The van der Waals surface area contributed by atoms with Gasteiger partial charge >= 0.3 is 0 Å². The summed E-state index contributed by atoms with van der Waals surface area (Å²) in [7, 11) is 3.99. The second-order valence-corrected chi connectivity index (χ2v) is 8.03. The lowest BCUT2D eigenvalue weighted by Crippen LogP contribution is -2.23. The molecule has 0 saturated heterocycles. The standard InChI is InChI=1S/C25H21N5OS/c1-28(2)18-15-13-17(14-16-18)22-21-23(27-26-22)29(19-9-5-3-6-10-19)25(32)30(24(21)31)20-11-7-4-8-12-20/h3-16H,1-2H3,(H,26,27). The molecule has 7 heteroatoms. The summed E-state index contributed by atoms with van der Waals surface area (Å²) in [4.78, 5) is 15.8. The lowest BCUT2D eigenvalue weighted by Gasteiger charge is -2.14. The molecule has 5 aromatic rings. The van der Waals surface area contributed by atoms with E-state index in [2.05, 4.69) is 10.2 Å². The Morgan fingerprint density at radius 2 is 1.38 bits per heavy atom. The van der Waals surface area contributed by atoms with Crippen LogP contribution in [-0.2, 0) is 0 Å². The zero-order chi connectivity index (χ0) is 22.2. The van der Waals surface area contributed by atoms with Crippen LogP contribution < -0.4 is 10.5 Å². The van der Waals surface area contributed by atoms with Crippen LogP contribution >= 0.6 is 12.2 Å². The first-order valence-electron chi connectivity index (χ1n) is 10.2. The van der Waals surface area contributed by atoms with Crippen molar-refractivity contribution in [2.45, 2.75) is 0 Å². The van der Waals surface area contributed by atoms with Gasteiger partial charge in [0.1, 0.15) is 5.39 Å². The maximum Gasteiger partial charge on any atom is 0.270 e. The van der Waals surface area contributed by atoms with E-state index in [1.807, 2.05) is 108 Å². The average Bonchev–Trinajstić information content (AvgIpc) is 3.26. The van der Waals surface area contributed by atoms with Crippen molar-refractivity contribution < 1.29 is 0 Å². The van der Waals surface area contributed by atoms with Crippen molar-refractivity contribution in [3.63, 3.8) is 0 Å². The monoisotopic (exact) mass is 439 g/mol. The molecular formula is C25H21N5OS. The summed E-state index contributed by atoms with van der Waals surface area (Å²) in [6.07, 6.45) is 0. The molecule has 2 aromatic heterocycles. The van der Waals surface area contributed by atoms with Crippen LogP contribution in [0.3, 0.4) is 0 Å². The predicted molar refractivity (Wildman–Crippen MR) is 132 cm³/mol. The first kappa shape index (κ1) is 20.0. The SMILES string of the molecule is CN(C)c1ccc(-c2[nH]nc3c2c(=O)n(-c2ccccc2)c(=S)n3-c2ccccc2)cc1. The van der Waals surface area contributed by atoms with Gasteiger partial charge in [0, 0.05) is 31.0 Å². The molecule has 0 unspecified atom stereocenters. The number of nitrogens with one attached hydrogen (secondary N) is 1. The van der Waals surface area contributed by atoms with E-state index in [1.54, 1.807) is 4.57 Å². The van der Waals surface area contributed by atoms with E-state index in [4.69, 9.17) is 12.2 Å². The highest BCUT2D eigenvalue weighted by Crippen LogP contribution is 2.28. The molecule has 0 fully saturated rings. The van der Waals surface area contributed by atoms with Gasteiger partial charge in [-0.25, -0.2) is 0 Å². The molecule has 3 aromatic carbocycles. The zero-order valence-electron chi connectivity index (χ0n) is 17.7. The van der Waals surface area contributed by atoms with Gasteiger partial charge < -0.3 is 4.90 Å². The third-order valence-corrected chi connectivity index (χ3v) is 5.82. The van der Waals surface area contributed by atoms with Crippen LogP contribution in [0.25, 0.3) is 33.7 Å². The Labute approximate surface area is 190 Å². The number of nitrogens with zero attached hydrogens (tertiary/aromatic N) is 4. The molecule has 0 aliphatic rings. The molecule has 2 heterocycles. The topological polar surface area (TPSA) is 58.9 Å². The number of aromatic nitrogens is 4. The van der Waals surface area contributed by atoms with E-state index < -0.39 is 0 Å². The van der Waals surface area contributed by atoms with Gasteiger partial charge in [0.15, 0.2) is 10.4 Å². The van der Waals surface area contributed by atoms with Gasteiger partial charge in [0.05, 0.1) is 11.4 Å². The lowest BCUT2D eigenvalue weighted by molar-refractivity contribution is 0.865. The van der Waals surface area contributed by atoms with E-state index in [9.17, 15) is 4.79 Å². The van der Waals surface area contributed by atoms with Gasteiger partial charge in [0.25, 0.3) is 5.56 Å². The summed E-state index contributed by atoms with van der Waals surface area (Å²) < 4.78 is 3.77. The Morgan fingerprint density at radius 3 is 1.94 bits per heavy atom. The second kappa shape index (κ2) is 7.94. The Bertz CT molecular complexity index is 1510. The van der Waals surface area contributed by atoms with Crippen LogP contribution in [0.5, 0.6) is 0 Å². The molecule has 5 rings (SSSR count). The number of H-pyrrole nitrogens is 1. The van der Waals surface area contributed by atoms with E-state index in [1.165, 1.54) is 0 Å². The van der Waals surface area contributed by atoms with Crippen LogP contribution in [0, 0.1) is 4.77 Å². The van der Waals surface area contributed by atoms with Gasteiger partial charge in [-0.1, -0.05) is 48.5 Å². The molecule has 32 heavy (non-hydrogen) atoms. The van der Waals surface area contributed by atoms with Crippen molar-refractivity contribution in [2.75, 3.05) is 19.0 Å². The van der Waals surface area contributed by atoms with Gasteiger partial charge in [-0.05, 0) is 48.6 Å². The first-order chi connectivity index (χ1) is 15.6. The summed E-state index contributed by atoms with van der Waals surface area (Å²) in [5, 5.41) is 8.11. The van der Waals surface area contributed by atoms with E-state index in [0.717, 1.165) is 16.9 Å². The van der Waals surface area contributed by atoms with Crippen LogP contribution in [0.2, 0.25) is 0 Å². The minimum atomic E-state index is -0.205. The van der Waals surface area contributed by atoms with Crippen LogP contribution in [0.15, 0.2) is 89.7 Å². The molecule has 0 radical (unpaired) electrons. The second-order valence-electron chi connectivity index (χ2n) is 7.67. The summed E-state index contributed by atoms with van der Waals surface area (Å²) >= 11 is 5.81. The van der Waals surface area contributed by atoms with Crippen molar-refractivity contribution in [3.05, 3.63) is 100 Å². The summed E-state index contributed by atoms with van der Waals surface area (Å²) in [6.45, 7) is 0. The number of hydrogen-bond acceptors (Lipinski definition) is 4. The molecule has 158 valence electrons. The highest BCUT2D eigenvalue weighted by Gasteiger charge is 2.20. The van der Waals surface area contributed by atoms with E-state index in [-0.39, 0.29) is 5.56 Å². The maximum atomic E-state index is 13.8. The number of aromatic amines is 1. The molecule has 0 saturated carbocycles. The highest BCUT2D eigenvalue weighted by molar-refractivity contribution is 7.71. The molecule has 1 N–H and O–H groups in total. The highest BCUT2D eigenvalue weighted by atomic mass is 32.1. The Hall–Kier alpha value is -3.97. The van der Waals surface area contributed by atoms with Crippen molar-refractivity contribution >= 4 is 28.9 Å². The summed E-state index contributed by atoms with van der Waals surface area (Å²) in [5.41, 5.74) is 4.48. The van der Waals surface area contributed by atoms with Crippen molar-refractivity contribution in [3.8, 4) is 22.6 Å². The van der Waals surface area contributed by atoms with Gasteiger partial charge in [-0.2, -0.15) is 5.10 Å². The number of para-hydroxylation sites is 2. The third-order valence-electron chi connectivity index (χ3n) is 5.46. The molecule has 6 nitrogen and oxygen atoms in total. The number of benzene rings is 3. The average molecular weight is 440 g/mol. The minimum absolute atomic E-state index is 0.205. The van der Waals surface area contributed by atoms with Gasteiger partial charge in [-0.15, -0.1) is 0 Å². The van der Waals surface area contributed by atoms with Crippen LogP contribution in [0.1, 0.15) is 0 Å². The van der Waals surface area contributed by atoms with Gasteiger partial charge in [-0.3, -0.25) is 19.0 Å². The Morgan fingerprint density at radius 1 is 0.812 bits per heavy atom. The fourth-order valence-corrected chi connectivity index (χ4v) is 4.22. The molecule has 0 amide bonds. The summed E-state index contributed by atoms with van der Waals surface area (Å²) in [5.74, 6) is 0. The Kier molecular flexibility index (Phi) is 4.95. The quantitative estimate of drug-likeness (QED) is 0.402. The number of fused-ring (bicyclic) bond motifs is 1. The predicted octanol–water partition coefficient (Wildman–Crippen LogP) is 4.97. The normalized spacial score (nSPS) is 11.1.